The maximum Gasteiger partial charge on any atom is 0.334 e. The first kappa shape index (κ1) is 12.8. The molecule has 2 atom stereocenters. The third-order valence-electron chi connectivity index (χ3n) is 3.67. The van der Waals surface area contributed by atoms with Crippen LogP contribution in [0.3, 0.4) is 0 Å². The summed E-state index contributed by atoms with van der Waals surface area (Å²) in [5.41, 5.74) is 6.64. The Kier molecular flexibility index (Phi) is 3.25. The summed E-state index contributed by atoms with van der Waals surface area (Å²) < 4.78 is 1.60. The molecule has 0 saturated carbocycles. The number of aryl methyl sites for hydroxylation is 2. The van der Waals surface area contributed by atoms with E-state index in [9.17, 15) is 10.1 Å². The maximum atomic E-state index is 11.3. The lowest BCUT2D eigenvalue weighted by Gasteiger charge is -2.24. The lowest BCUT2D eigenvalue weighted by Crippen LogP contribution is -2.37. The first-order valence-electron chi connectivity index (χ1n) is 6.19. The van der Waals surface area contributed by atoms with Gasteiger partial charge in [0.15, 0.2) is 0 Å². The highest BCUT2D eigenvalue weighted by molar-refractivity contribution is 5.63. The van der Waals surface area contributed by atoms with Crippen LogP contribution < -0.4 is 10.6 Å². The lowest BCUT2D eigenvalue weighted by molar-refractivity contribution is -0.384. The molecule has 1 aromatic rings. The highest BCUT2D eigenvalue weighted by atomic mass is 16.6. The van der Waals surface area contributed by atoms with Gasteiger partial charge < -0.3 is 10.6 Å². The fourth-order valence-corrected chi connectivity index (χ4v) is 2.57. The summed E-state index contributed by atoms with van der Waals surface area (Å²) in [4.78, 5) is 12.9. The first-order chi connectivity index (χ1) is 8.47. The summed E-state index contributed by atoms with van der Waals surface area (Å²) in [5, 5.41) is 15.5. The molecule has 0 aromatic carbocycles. The van der Waals surface area contributed by atoms with Gasteiger partial charge in [-0.1, -0.05) is 6.92 Å². The second-order valence-electron chi connectivity index (χ2n) is 4.74. The van der Waals surface area contributed by atoms with Gasteiger partial charge in [-0.2, -0.15) is 5.10 Å². The van der Waals surface area contributed by atoms with Crippen LogP contribution in [0.25, 0.3) is 0 Å². The van der Waals surface area contributed by atoms with Gasteiger partial charge in [-0.05, 0) is 19.8 Å². The van der Waals surface area contributed by atoms with Crippen LogP contribution in [0.4, 0.5) is 11.5 Å². The van der Waals surface area contributed by atoms with Crippen molar-refractivity contribution in [3.63, 3.8) is 0 Å². The van der Waals surface area contributed by atoms with Gasteiger partial charge in [0.2, 0.25) is 5.82 Å². The Morgan fingerprint density at radius 3 is 2.72 bits per heavy atom. The van der Waals surface area contributed by atoms with Crippen molar-refractivity contribution < 1.29 is 4.92 Å². The summed E-state index contributed by atoms with van der Waals surface area (Å²) in [6.45, 7) is 4.62. The molecular formula is C11H19N5O2. The van der Waals surface area contributed by atoms with Crippen LogP contribution in [0.1, 0.15) is 26.0 Å². The number of hydrogen-bond acceptors (Lipinski definition) is 5. The van der Waals surface area contributed by atoms with Gasteiger partial charge in [0.25, 0.3) is 0 Å². The molecule has 7 heteroatoms. The van der Waals surface area contributed by atoms with Crippen molar-refractivity contribution in [2.45, 2.75) is 38.8 Å². The van der Waals surface area contributed by atoms with E-state index >= 15 is 0 Å². The van der Waals surface area contributed by atoms with Crippen LogP contribution in [0.15, 0.2) is 0 Å². The Morgan fingerprint density at radius 1 is 1.61 bits per heavy atom. The van der Waals surface area contributed by atoms with Crippen molar-refractivity contribution in [1.82, 2.24) is 9.78 Å². The van der Waals surface area contributed by atoms with Gasteiger partial charge in [0.1, 0.15) is 5.69 Å². The van der Waals surface area contributed by atoms with Crippen LogP contribution in [-0.2, 0) is 13.5 Å². The molecule has 1 fully saturated rings. The summed E-state index contributed by atoms with van der Waals surface area (Å²) in [5.74, 6) is 0.581. The fraction of sp³-hybridized carbons (Fsp3) is 0.727. The van der Waals surface area contributed by atoms with Gasteiger partial charge >= 0.3 is 5.69 Å². The van der Waals surface area contributed by atoms with Crippen LogP contribution in [0.5, 0.6) is 0 Å². The van der Waals surface area contributed by atoms with Crippen LogP contribution in [-0.4, -0.2) is 33.3 Å². The Labute approximate surface area is 106 Å². The van der Waals surface area contributed by atoms with Gasteiger partial charge in [-0.25, -0.2) is 4.68 Å². The van der Waals surface area contributed by atoms with Crippen molar-refractivity contribution >= 4 is 11.5 Å². The zero-order chi connectivity index (χ0) is 13.4. The van der Waals surface area contributed by atoms with E-state index in [4.69, 9.17) is 5.73 Å². The predicted octanol–water partition coefficient (Wildman–Crippen LogP) is 0.817. The Balaban J connectivity index is 2.50. The summed E-state index contributed by atoms with van der Waals surface area (Å²) >= 11 is 0. The standard InChI is InChI=1S/C11H19N5O2/c1-4-9-10(16(17)18)11(14(3)13-9)15-6-5-8(12)7(15)2/h7-8H,4-6,12H2,1-3H3. The molecule has 100 valence electrons. The van der Waals surface area contributed by atoms with E-state index in [-0.39, 0.29) is 22.7 Å². The normalized spacial score (nSPS) is 23.7. The average Bonchev–Trinajstić information content (AvgIpc) is 2.81. The van der Waals surface area contributed by atoms with E-state index in [1.54, 1.807) is 11.7 Å². The summed E-state index contributed by atoms with van der Waals surface area (Å²) in [7, 11) is 1.75. The van der Waals surface area contributed by atoms with E-state index < -0.39 is 0 Å². The second kappa shape index (κ2) is 4.56. The number of aromatic nitrogens is 2. The van der Waals surface area contributed by atoms with Crippen LogP contribution >= 0.6 is 0 Å². The molecule has 1 aromatic heterocycles. The predicted molar refractivity (Wildman–Crippen MR) is 68.6 cm³/mol. The molecule has 18 heavy (non-hydrogen) atoms. The molecule has 1 aliphatic heterocycles. The number of hydrogen-bond donors (Lipinski definition) is 1. The molecule has 2 heterocycles. The Hall–Kier alpha value is -1.63. The highest BCUT2D eigenvalue weighted by Crippen LogP contribution is 2.35. The molecule has 0 amide bonds. The largest absolute Gasteiger partial charge is 0.347 e. The molecule has 2 N–H and O–H groups in total. The minimum atomic E-state index is -0.336. The number of nitrogens with two attached hydrogens (primary N) is 1. The average molecular weight is 253 g/mol. The molecule has 2 unspecified atom stereocenters. The van der Waals surface area contributed by atoms with E-state index in [0.29, 0.717) is 17.9 Å². The minimum Gasteiger partial charge on any atom is -0.347 e. The van der Waals surface area contributed by atoms with Gasteiger partial charge in [0, 0.05) is 25.7 Å². The molecular weight excluding hydrogens is 234 g/mol. The monoisotopic (exact) mass is 253 g/mol. The van der Waals surface area contributed by atoms with Crippen molar-refractivity contribution in [3.05, 3.63) is 15.8 Å². The zero-order valence-corrected chi connectivity index (χ0v) is 11.0. The summed E-state index contributed by atoms with van der Waals surface area (Å²) in [6.07, 6.45) is 1.41. The van der Waals surface area contributed by atoms with Crippen molar-refractivity contribution in [2.75, 3.05) is 11.4 Å². The van der Waals surface area contributed by atoms with Gasteiger partial charge in [-0.3, -0.25) is 10.1 Å². The number of nitro groups is 1. The smallest absolute Gasteiger partial charge is 0.334 e. The Bertz CT molecular complexity index is 470. The van der Waals surface area contributed by atoms with Crippen molar-refractivity contribution in [1.29, 1.82) is 0 Å². The van der Waals surface area contributed by atoms with E-state index in [2.05, 4.69) is 5.10 Å². The third-order valence-corrected chi connectivity index (χ3v) is 3.67. The minimum absolute atomic E-state index is 0.0598. The van der Waals surface area contributed by atoms with Gasteiger partial charge in [-0.15, -0.1) is 0 Å². The van der Waals surface area contributed by atoms with E-state index in [0.717, 1.165) is 13.0 Å². The fourth-order valence-electron chi connectivity index (χ4n) is 2.57. The summed E-state index contributed by atoms with van der Waals surface area (Å²) in [6, 6.07) is 0.161. The van der Waals surface area contributed by atoms with Gasteiger partial charge in [0.05, 0.1) is 4.92 Å². The topological polar surface area (TPSA) is 90.2 Å². The molecule has 0 bridgehead atoms. The van der Waals surface area contributed by atoms with Crippen molar-refractivity contribution in [3.8, 4) is 0 Å². The Morgan fingerprint density at radius 2 is 2.28 bits per heavy atom. The van der Waals surface area contributed by atoms with Crippen LogP contribution in [0.2, 0.25) is 0 Å². The molecule has 2 rings (SSSR count). The number of rotatable bonds is 3. The highest BCUT2D eigenvalue weighted by Gasteiger charge is 2.36. The molecule has 0 spiro atoms. The van der Waals surface area contributed by atoms with Crippen LogP contribution in [0, 0.1) is 10.1 Å². The molecule has 1 saturated heterocycles. The maximum absolute atomic E-state index is 11.3. The van der Waals surface area contributed by atoms with Crippen molar-refractivity contribution in [2.24, 2.45) is 12.8 Å². The lowest BCUT2D eigenvalue weighted by atomic mass is 10.1. The molecule has 0 radical (unpaired) electrons. The van der Waals surface area contributed by atoms with E-state index in [1.165, 1.54) is 0 Å². The number of anilines is 1. The zero-order valence-electron chi connectivity index (χ0n) is 11.0. The molecule has 0 aliphatic carbocycles. The SMILES string of the molecule is CCc1nn(C)c(N2CCC(N)C2C)c1[N+](=O)[O-]. The quantitative estimate of drug-likeness (QED) is 0.636. The molecule has 1 aliphatic rings. The number of nitrogens with zero attached hydrogens (tertiary/aromatic N) is 4. The van der Waals surface area contributed by atoms with E-state index in [1.807, 2.05) is 18.7 Å². The second-order valence-corrected chi connectivity index (χ2v) is 4.74. The molecule has 7 nitrogen and oxygen atoms in total. The third kappa shape index (κ3) is 1.84. The first-order valence-corrected chi connectivity index (χ1v) is 6.19.